The van der Waals surface area contributed by atoms with E-state index in [1.807, 2.05) is 19.1 Å². The number of carbonyl (C=O) groups excluding carboxylic acids is 1. The average Bonchev–Trinajstić information content (AvgIpc) is 3.19. The molecule has 1 saturated heterocycles. The summed E-state index contributed by atoms with van der Waals surface area (Å²) >= 11 is 7.24. The number of morpholine rings is 1. The zero-order chi connectivity index (χ0) is 22.3. The van der Waals surface area contributed by atoms with Crippen molar-refractivity contribution in [3.8, 4) is 5.75 Å². The summed E-state index contributed by atoms with van der Waals surface area (Å²) in [6.45, 7) is 6.79. The number of ether oxygens (including phenoxy) is 2. The van der Waals surface area contributed by atoms with Crippen molar-refractivity contribution in [1.29, 1.82) is 0 Å². The van der Waals surface area contributed by atoms with Crippen LogP contribution in [0.1, 0.15) is 25.9 Å². The Bertz CT molecular complexity index is 1030. The first-order valence-corrected chi connectivity index (χ1v) is 11.8. The quantitative estimate of drug-likeness (QED) is 0.510. The van der Waals surface area contributed by atoms with E-state index in [1.165, 1.54) is 16.9 Å². The van der Waals surface area contributed by atoms with Crippen molar-refractivity contribution in [2.24, 2.45) is 0 Å². The van der Waals surface area contributed by atoms with Crippen LogP contribution in [0.15, 0.2) is 48.5 Å². The minimum absolute atomic E-state index is 0.154. The Hall–Kier alpha value is -2.45. The highest BCUT2D eigenvalue weighted by molar-refractivity contribution is 7.13. The lowest BCUT2D eigenvalue weighted by Gasteiger charge is -2.26. The Kier molecular flexibility index (Phi) is 7.76. The van der Waals surface area contributed by atoms with Gasteiger partial charge in [-0.1, -0.05) is 23.7 Å². The number of amides is 1. The van der Waals surface area contributed by atoms with Gasteiger partial charge in [0.15, 0.2) is 0 Å². The average molecular weight is 472 g/mol. The summed E-state index contributed by atoms with van der Waals surface area (Å²) in [6, 6.07) is 15.2. The Morgan fingerprint density at radius 2 is 1.88 bits per heavy atom. The summed E-state index contributed by atoms with van der Waals surface area (Å²) in [7, 11) is 0. The zero-order valence-electron chi connectivity index (χ0n) is 18.0. The number of hydrogen-bond acceptors (Lipinski definition) is 6. The molecule has 6 nitrogen and oxygen atoms in total. The molecular formula is C24H26ClN3O3S. The van der Waals surface area contributed by atoms with Gasteiger partial charge in [-0.2, -0.15) is 0 Å². The van der Waals surface area contributed by atoms with Crippen LogP contribution in [-0.4, -0.2) is 48.6 Å². The minimum Gasteiger partial charge on any atom is -0.486 e. The molecule has 4 rings (SSSR count). The van der Waals surface area contributed by atoms with Crippen molar-refractivity contribution in [3.63, 3.8) is 0 Å². The van der Waals surface area contributed by atoms with Gasteiger partial charge >= 0.3 is 0 Å². The number of thiazole rings is 1. The van der Waals surface area contributed by atoms with Crippen LogP contribution in [0.4, 0.5) is 5.69 Å². The Balaban J connectivity index is 1.29. The second-order valence-corrected chi connectivity index (χ2v) is 9.14. The number of carbonyl (C=O) groups is 1. The maximum atomic E-state index is 12.8. The van der Waals surface area contributed by atoms with E-state index in [0.29, 0.717) is 28.0 Å². The van der Waals surface area contributed by atoms with Gasteiger partial charge in [0.1, 0.15) is 22.2 Å². The summed E-state index contributed by atoms with van der Waals surface area (Å²) in [4.78, 5) is 20.3. The molecule has 1 aromatic heterocycles. The molecule has 0 unspecified atom stereocenters. The van der Waals surface area contributed by atoms with E-state index in [9.17, 15) is 4.79 Å². The summed E-state index contributed by atoms with van der Waals surface area (Å²) in [5.41, 5.74) is 2.73. The lowest BCUT2D eigenvalue weighted by atomic mass is 10.1. The third-order valence-corrected chi connectivity index (χ3v) is 6.64. The number of nitrogens with one attached hydrogen (secondary N) is 1. The minimum atomic E-state index is -0.154. The molecule has 0 bridgehead atoms. The van der Waals surface area contributed by atoms with E-state index in [2.05, 4.69) is 27.3 Å². The molecule has 0 spiro atoms. The second kappa shape index (κ2) is 10.9. The predicted molar refractivity (Wildman–Crippen MR) is 128 cm³/mol. The Morgan fingerprint density at radius 3 is 2.59 bits per heavy atom. The summed E-state index contributed by atoms with van der Waals surface area (Å²) in [5, 5.41) is 4.38. The van der Waals surface area contributed by atoms with Crippen LogP contribution in [0.3, 0.4) is 0 Å². The van der Waals surface area contributed by atoms with Crippen molar-refractivity contribution < 1.29 is 14.3 Å². The molecule has 1 aliphatic heterocycles. The van der Waals surface area contributed by atoms with E-state index in [1.54, 1.807) is 24.3 Å². The van der Waals surface area contributed by atoms with Crippen LogP contribution in [0, 0.1) is 6.92 Å². The van der Waals surface area contributed by atoms with Gasteiger partial charge < -0.3 is 14.8 Å². The highest BCUT2D eigenvalue weighted by atomic mass is 35.5. The zero-order valence-corrected chi connectivity index (χ0v) is 19.5. The van der Waals surface area contributed by atoms with Crippen LogP contribution in [0.5, 0.6) is 5.75 Å². The monoisotopic (exact) mass is 471 g/mol. The van der Waals surface area contributed by atoms with Gasteiger partial charge in [0.25, 0.3) is 5.91 Å². The number of rotatable bonds is 8. The lowest BCUT2D eigenvalue weighted by molar-refractivity contribution is 0.0384. The van der Waals surface area contributed by atoms with Crippen molar-refractivity contribution in [1.82, 2.24) is 9.88 Å². The van der Waals surface area contributed by atoms with Gasteiger partial charge in [-0.15, -0.1) is 11.3 Å². The molecule has 1 fully saturated rings. The molecule has 32 heavy (non-hydrogen) atoms. The van der Waals surface area contributed by atoms with Crippen molar-refractivity contribution in [2.75, 3.05) is 38.2 Å². The fourth-order valence-electron chi connectivity index (χ4n) is 3.46. The summed E-state index contributed by atoms with van der Waals surface area (Å²) < 4.78 is 11.1. The van der Waals surface area contributed by atoms with Crippen molar-refractivity contribution >= 4 is 34.5 Å². The lowest BCUT2D eigenvalue weighted by Crippen LogP contribution is -2.37. The maximum Gasteiger partial charge on any atom is 0.267 e. The number of aromatic nitrogens is 1. The Morgan fingerprint density at radius 1 is 1.16 bits per heavy atom. The second-order valence-electron chi connectivity index (χ2n) is 7.62. The van der Waals surface area contributed by atoms with E-state index in [-0.39, 0.29) is 5.91 Å². The third-order valence-electron chi connectivity index (χ3n) is 5.26. The number of anilines is 1. The largest absolute Gasteiger partial charge is 0.486 e. The highest BCUT2D eigenvalue weighted by Crippen LogP contribution is 2.23. The molecule has 0 aliphatic carbocycles. The fraction of sp³-hybridized carbons (Fsp3) is 0.333. The summed E-state index contributed by atoms with van der Waals surface area (Å²) in [6.07, 6.45) is 0.985. The van der Waals surface area contributed by atoms with Gasteiger partial charge in [-0.3, -0.25) is 9.69 Å². The number of hydrogen-bond donors (Lipinski definition) is 1. The van der Waals surface area contributed by atoms with Crippen LogP contribution < -0.4 is 10.1 Å². The van der Waals surface area contributed by atoms with Gasteiger partial charge in [-0.25, -0.2) is 4.98 Å². The van der Waals surface area contributed by atoms with Crippen LogP contribution in [-0.2, 0) is 17.8 Å². The van der Waals surface area contributed by atoms with Gasteiger partial charge in [-0.05, 0) is 55.3 Å². The molecule has 2 heterocycles. The Labute approximate surface area is 197 Å². The van der Waals surface area contributed by atoms with Crippen molar-refractivity contribution in [3.05, 3.63) is 74.7 Å². The first-order valence-electron chi connectivity index (χ1n) is 10.6. The molecule has 0 radical (unpaired) electrons. The molecule has 1 amide bonds. The highest BCUT2D eigenvalue weighted by Gasteiger charge is 2.16. The number of aryl methyl sites for hydroxylation is 1. The number of nitrogens with zero attached hydrogens (tertiary/aromatic N) is 2. The maximum absolute atomic E-state index is 12.8. The van der Waals surface area contributed by atoms with Gasteiger partial charge in [0.2, 0.25) is 0 Å². The molecule has 0 saturated carbocycles. The molecule has 1 aliphatic rings. The van der Waals surface area contributed by atoms with Crippen LogP contribution in [0.2, 0.25) is 5.02 Å². The smallest absolute Gasteiger partial charge is 0.267 e. The van der Waals surface area contributed by atoms with Crippen LogP contribution >= 0.6 is 22.9 Å². The molecular weight excluding hydrogens is 446 g/mol. The first-order chi connectivity index (χ1) is 15.6. The molecule has 0 atom stereocenters. The van der Waals surface area contributed by atoms with E-state index in [0.717, 1.165) is 50.0 Å². The van der Waals surface area contributed by atoms with Crippen LogP contribution in [0.25, 0.3) is 0 Å². The van der Waals surface area contributed by atoms with E-state index in [4.69, 9.17) is 21.1 Å². The number of benzene rings is 2. The van der Waals surface area contributed by atoms with E-state index >= 15 is 0 Å². The molecule has 2 aromatic carbocycles. The molecule has 1 N–H and O–H groups in total. The normalized spacial score (nSPS) is 14.3. The first kappa shape index (κ1) is 22.7. The molecule has 168 valence electrons. The third kappa shape index (κ3) is 6.29. The van der Waals surface area contributed by atoms with Gasteiger partial charge in [0, 0.05) is 30.3 Å². The molecule has 8 heteroatoms. The predicted octanol–water partition coefficient (Wildman–Crippen LogP) is 4.81. The topological polar surface area (TPSA) is 63.7 Å². The SMILES string of the molecule is Cc1nc(COc2ccc(Cl)cc2)sc1C(=O)Nc1ccc(CCN2CCOCC2)cc1. The fourth-order valence-corrected chi connectivity index (χ4v) is 4.45. The van der Waals surface area contributed by atoms with E-state index < -0.39 is 0 Å². The van der Waals surface area contributed by atoms with Crippen molar-refractivity contribution in [2.45, 2.75) is 20.0 Å². The molecule has 3 aromatic rings. The standard InChI is InChI=1S/C24H26ClN3O3S/c1-17-23(32-22(26-17)16-31-21-8-4-19(25)5-9-21)24(29)27-20-6-2-18(3-7-20)10-11-28-12-14-30-15-13-28/h2-9H,10-16H2,1H3,(H,27,29). The number of halogens is 1. The van der Waals surface area contributed by atoms with Gasteiger partial charge in [0.05, 0.1) is 18.9 Å². The summed E-state index contributed by atoms with van der Waals surface area (Å²) in [5.74, 6) is 0.556.